The fourth-order valence-electron chi connectivity index (χ4n) is 4.42. The van der Waals surface area contributed by atoms with Crippen molar-refractivity contribution in [2.75, 3.05) is 7.05 Å². The second-order valence-corrected chi connectivity index (χ2v) is 12.7. The number of hydrogen-bond donors (Lipinski definition) is 1. The van der Waals surface area contributed by atoms with Crippen molar-refractivity contribution in [1.82, 2.24) is 9.62 Å². The van der Waals surface area contributed by atoms with E-state index in [1.54, 1.807) is 11.9 Å². The van der Waals surface area contributed by atoms with E-state index in [9.17, 15) is 0 Å². The summed E-state index contributed by atoms with van der Waals surface area (Å²) in [5.74, 6) is 0. The Morgan fingerprint density at radius 1 is 0.974 bits per heavy atom. The molecule has 0 fully saturated rings. The largest absolute Gasteiger partial charge is 0.382 e. The summed E-state index contributed by atoms with van der Waals surface area (Å²) in [6.45, 7) is 22.0. The smallest absolute Gasteiger partial charge is 0.0349 e. The molecule has 1 atom stereocenters. The van der Waals surface area contributed by atoms with Crippen molar-refractivity contribution < 1.29 is 0 Å². The molecule has 1 N–H and O–H groups in total. The van der Waals surface area contributed by atoms with Crippen LogP contribution in [0.3, 0.4) is 0 Å². The van der Waals surface area contributed by atoms with Crippen LogP contribution >= 0.6 is 11.9 Å². The third-order valence-corrected chi connectivity index (χ3v) is 8.27. The third kappa shape index (κ3) is 8.12. The molecule has 0 aliphatic carbocycles. The van der Waals surface area contributed by atoms with E-state index in [4.69, 9.17) is 0 Å². The normalized spacial score (nSPS) is 12.6. The Hall–Kier alpha value is -2.75. The maximum absolute atomic E-state index is 4.54. The molecule has 2 nitrogen and oxygen atoms in total. The van der Waals surface area contributed by atoms with Crippen molar-refractivity contribution in [3.63, 3.8) is 0 Å². The molecule has 0 aliphatic heterocycles. The Morgan fingerprint density at radius 3 is 2.16 bits per heavy atom. The topological polar surface area (TPSA) is 15.3 Å². The number of hydrogen-bond acceptors (Lipinski definition) is 3. The van der Waals surface area contributed by atoms with Crippen LogP contribution < -0.4 is 5.32 Å². The van der Waals surface area contributed by atoms with Crippen LogP contribution in [0, 0.1) is 0 Å². The van der Waals surface area contributed by atoms with Gasteiger partial charge in [-0.2, -0.15) is 0 Å². The summed E-state index contributed by atoms with van der Waals surface area (Å²) in [4.78, 5) is 1.21. The van der Waals surface area contributed by atoms with E-state index in [-0.39, 0.29) is 11.5 Å². The number of rotatable bonds is 12. The standard InChI is InChI=1S/C35H46N2S/c1-10-12-31(23-28-15-19-30(20-16-28)35(6,7)8)36-26(5)34-24-32(38-37(9)25(3)4)21-22-33(34)29-17-13-27(11-2)14-18-29/h10,13-22,24-25,31,36H,1,5,11-12,23H2,2-4,6-9H3. The first-order valence-corrected chi connectivity index (χ1v) is 14.6. The fourth-order valence-corrected chi connectivity index (χ4v) is 5.26. The average Bonchev–Trinajstić information content (AvgIpc) is 2.88. The summed E-state index contributed by atoms with van der Waals surface area (Å²) in [7, 11) is 2.14. The minimum Gasteiger partial charge on any atom is -0.382 e. The van der Waals surface area contributed by atoms with Crippen LogP contribution in [-0.2, 0) is 18.3 Å². The Balaban J connectivity index is 1.90. The number of benzene rings is 3. The average molecular weight is 527 g/mol. The van der Waals surface area contributed by atoms with Gasteiger partial charge in [-0.15, -0.1) is 6.58 Å². The Bertz CT molecular complexity index is 1200. The highest BCUT2D eigenvalue weighted by Crippen LogP contribution is 2.34. The maximum atomic E-state index is 4.54. The van der Waals surface area contributed by atoms with Crippen LogP contribution in [0.5, 0.6) is 0 Å². The van der Waals surface area contributed by atoms with Gasteiger partial charge in [0.2, 0.25) is 0 Å². The van der Waals surface area contributed by atoms with Crippen LogP contribution in [0.4, 0.5) is 0 Å². The molecule has 0 aliphatic rings. The summed E-state index contributed by atoms with van der Waals surface area (Å²) in [5.41, 5.74) is 8.70. The van der Waals surface area contributed by atoms with Gasteiger partial charge in [0.1, 0.15) is 0 Å². The van der Waals surface area contributed by atoms with Crippen molar-refractivity contribution in [3.8, 4) is 11.1 Å². The van der Waals surface area contributed by atoms with E-state index < -0.39 is 0 Å². The van der Waals surface area contributed by atoms with Gasteiger partial charge in [-0.25, -0.2) is 4.31 Å². The third-order valence-electron chi connectivity index (χ3n) is 7.10. The molecule has 202 valence electrons. The van der Waals surface area contributed by atoms with Crippen LogP contribution in [0.2, 0.25) is 0 Å². The lowest BCUT2D eigenvalue weighted by Crippen LogP contribution is -2.29. The minimum absolute atomic E-state index is 0.157. The van der Waals surface area contributed by atoms with Gasteiger partial charge in [0, 0.05) is 28.2 Å². The minimum atomic E-state index is 0.157. The lowest BCUT2D eigenvalue weighted by atomic mass is 9.86. The Labute approximate surface area is 236 Å². The van der Waals surface area contributed by atoms with E-state index in [1.165, 1.54) is 32.7 Å². The van der Waals surface area contributed by atoms with Crippen LogP contribution in [0.15, 0.2) is 90.9 Å². The van der Waals surface area contributed by atoms with Gasteiger partial charge in [-0.05, 0) is 97.5 Å². The first kappa shape index (κ1) is 29.8. The summed E-state index contributed by atoms with van der Waals surface area (Å²) in [5, 5.41) is 3.77. The van der Waals surface area contributed by atoms with Crippen molar-refractivity contribution in [3.05, 3.63) is 108 Å². The molecule has 0 radical (unpaired) electrons. The number of nitrogens with one attached hydrogen (secondary N) is 1. The van der Waals surface area contributed by atoms with Crippen LogP contribution in [-0.4, -0.2) is 23.4 Å². The van der Waals surface area contributed by atoms with Gasteiger partial charge < -0.3 is 5.32 Å². The summed E-state index contributed by atoms with van der Waals surface area (Å²) >= 11 is 1.78. The molecule has 0 saturated heterocycles. The van der Waals surface area contributed by atoms with E-state index in [2.05, 4.69) is 138 Å². The molecule has 3 heteroatoms. The van der Waals surface area contributed by atoms with Crippen molar-refractivity contribution >= 4 is 17.6 Å². The highest BCUT2D eigenvalue weighted by molar-refractivity contribution is 7.97. The molecule has 3 aromatic rings. The SMILES string of the molecule is C=CCC(Cc1ccc(C(C)(C)C)cc1)NC(=C)c1cc(SN(C)C(C)C)ccc1-c1ccc(CC)cc1. The van der Waals surface area contributed by atoms with Gasteiger partial charge in [-0.3, -0.25) is 0 Å². The molecule has 0 heterocycles. The zero-order chi connectivity index (χ0) is 27.9. The highest BCUT2D eigenvalue weighted by atomic mass is 32.2. The van der Waals surface area contributed by atoms with E-state index in [0.717, 1.165) is 30.5 Å². The number of nitrogens with zero attached hydrogens (tertiary/aromatic N) is 1. The molecule has 0 aromatic heterocycles. The molecule has 3 rings (SSSR count). The highest BCUT2D eigenvalue weighted by Gasteiger charge is 2.17. The van der Waals surface area contributed by atoms with Crippen molar-refractivity contribution in [1.29, 1.82) is 0 Å². The van der Waals surface area contributed by atoms with E-state index in [0.29, 0.717) is 6.04 Å². The lowest BCUT2D eigenvalue weighted by molar-refractivity contribution is 0.469. The van der Waals surface area contributed by atoms with Crippen LogP contribution in [0.25, 0.3) is 16.8 Å². The zero-order valence-electron chi connectivity index (χ0n) is 24.5. The summed E-state index contributed by atoms with van der Waals surface area (Å²) in [6, 6.07) is 25.4. The fraction of sp³-hybridized carbons (Fsp3) is 0.371. The first-order chi connectivity index (χ1) is 18.0. The monoisotopic (exact) mass is 526 g/mol. The molecule has 38 heavy (non-hydrogen) atoms. The molecular weight excluding hydrogens is 480 g/mol. The predicted molar refractivity (Wildman–Crippen MR) is 170 cm³/mol. The van der Waals surface area contributed by atoms with Gasteiger partial charge >= 0.3 is 0 Å². The Morgan fingerprint density at radius 2 is 1.61 bits per heavy atom. The molecule has 1 unspecified atom stereocenters. The van der Waals surface area contributed by atoms with Crippen molar-refractivity contribution in [2.45, 2.75) is 83.2 Å². The van der Waals surface area contributed by atoms with Gasteiger partial charge in [-0.1, -0.05) is 94.9 Å². The van der Waals surface area contributed by atoms with Crippen LogP contribution in [0.1, 0.15) is 70.2 Å². The second kappa shape index (κ2) is 13.4. The van der Waals surface area contributed by atoms with Gasteiger partial charge in [0.05, 0.1) is 0 Å². The van der Waals surface area contributed by atoms with Gasteiger partial charge in [0.15, 0.2) is 0 Å². The quantitative estimate of drug-likeness (QED) is 0.187. The summed E-state index contributed by atoms with van der Waals surface area (Å²) < 4.78 is 2.28. The maximum Gasteiger partial charge on any atom is 0.0349 e. The van der Waals surface area contributed by atoms with E-state index in [1.807, 2.05) is 6.08 Å². The summed E-state index contributed by atoms with van der Waals surface area (Å²) in [6.07, 6.45) is 4.83. The molecule has 0 amide bonds. The predicted octanol–water partition coefficient (Wildman–Crippen LogP) is 9.31. The molecular formula is C35H46N2S. The zero-order valence-corrected chi connectivity index (χ0v) is 25.3. The lowest BCUT2D eigenvalue weighted by Gasteiger charge is -2.24. The van der Waals surface area contributed by atoms with Gasteiger partial charge in [0.25, 0.3) is 0 Å². The molecule has 0 spiro atoms. The van der Waals surface area contributed by atoms with Crippen molar-refractivity contribution in [2.24, 2.45) is 0 Å². The second-order valence-electron chi connectivity index (χ2n) is 11.5. The molecule has 0 saturated carbocycles. The Kier molecular flexibility index (Phi) is 10.5. The number of aryl methyl sites for hydroxylation is 1. The van der Waals surface area contributed by atoms with E-state index >= 15 is 0 Å². The molecule has 0 bridgehead atoms. The first-order valence-electron chi connectivity index (χ1n) is 13.8. The molecule has 3 aromatic carbocycles.